The zero-order valence-corrected chi connectivity index (χ0v) is 23.0. The van der Waals surface area contributed by atoms with E-state index >= 15 is 0 Å². The highest BCUT2D eigenvalue weighted by Gasteiger charge is 2.47. The molecule has 0 amide bonds. The first-order valence-electron chi connectivity index (χ1n) is 12.9. The lowest BCUT2D eigenvalue weighted by atomic mass is 9.82. The molecule has 6 heteroatoms. The monoisotopic (exact) mass is 515 g/mol. The Morgan fingerprint density at radius 1 is 0.763 bits per heavy atom. The third-order valence-electron chi connectivity index (χ3n) is 6.75. The number of methoxy groups -OCH3 is 1. The summed E-state index contributed by atoms with van der Waals surface area (Å²) in [6, 6.07) is 19.1. The summed E-state index contributed by atoms with van der Waals surface area (Å²) in [6.07, 6.45) is 8.38. The van der Waals surface area contributed by atoms with Gasteiger partial charge in [0.1, 0.15) is 18.5 Å². The Morgan fingerprint density at radius 2 is 1.34 bits per heavy atom. The van der Waals surface area contributed by atoms with Crippen molar-refractivity contribution >= 4 is 5.69 Å². The Labute approximate surface area is 226 Å². The molecule has 0 bridgehead atoms. The van der Waals surface area contributed by atoms with E-state index in [1.54, 1.807) is 7.11 Å². The van der Waals surface area contributed by atoms with Gasteiger partial charge in [0.2, 0.25) is 0 Å². The van der Waals surface area contributed by atoms with Crippen LogP contribution in [0.2, 0.25) is 0 Å². The number of fused-ring (bicyclic) bond motifs is 3. The molecule has 0 saturated carbocycles. The van der Waals surface area contributed by atoms with Crippen molar-refractivity contribution in [2.45, 2.75) is 19.4 Å². The molecule has 3 aromatic carbocycles. The molecule has 38 heavy (non-hydrogen) atoms. The van der Waals surface area contributed by atoms with Crippen LogP contribution in [0.25, 0.3) is 11.1 Å². The van der Waals surface area contributed by atoms with Gasteiger partial charge in [-0.3, -0.25) is 0 Å². The van der Waals surface area contributed by atoms with E-state index < -0.39 is 5.60 Å². The fourth-order valence-electron chi connectivity index (χ4n) is 4.96. The van der Waals surface area contributed by atoms with Crippen LogP contribution in [0.1, 0.15) is 27.8 Å². The molecule has 0 fully saturated rings. The molecule has 0 heterocycles. The lowest BCUT2D eigenvalue weighted by molar-refractivity contribution is 0.0180. The number of hydrogen-bond donors (Lipinski definition) is 0. The predicted octanol–water partition coefficient (Wildman–Crippen LogP) is 5.31. The van der Waals surface area contributed by atoms with Gasteiger partial charge in [0.15, 0.2) is 5.60 Å². The molecule has 0 radical (unpaired) electrons. The summed E-state index contributed by atoms with van der Waals surface area (Å²) in [5, 5.41) is 0. The zero-order chi connectivity index (χ0) is 27.1. The Kier molecular flexibility index (Phi) is 8.96. The van der Waals surface area contributed by atoms with Crippen molar-refractivity contribution < 1.29 is 23.7 Å². The fraction of sp³-hybridized carbons (Fsp3) is 0.375. The molecular formula is C32H37NO5. The van der Waals surface area contributed by atoms with E-state index in [9.17, 15) is 0 Å². The van der Waals surface area contributed by atoms with Crippen LogP contribution in [0, 0.1) is 26.4 Å². The molecule has 1 aliphatic rings. The summed E-state index contributed by atoms with van der Waals surface area (Å²) < 4.78 is 28.5. The van der Waals surface area contributed by atoms with Crippen molar-refractivity contribution in [2.24, 2.45) is 0 Å². The van der Waals surface area contributed by atoms with E-state index in [1.807, 2.05) is 31.1 Å². The second kappa shape index (κ2) is 12.4. The first kappa shape index (κ1) is 27.5. The molecule has 6 nitrogen and oxygen atoms in total. The Balaban J connectivity index is 1.62. The van der Waals surface area contributed by atoms with Gasteiger partial charge in [0.25, 0.3) is 0 Å². The van der Waals surface area contributed by atoms with E-state index in [0.29, 0.717) is 39.6 Å². The third-order valence-corrected chi connectivity index (χ3v) is 6.75. The van der Waals surface area contributed by atoms with Crippen LogP contribution in [0.15, 0.2) is 54.6 Å². The SMILES string of the molecule is C#COC1(c2ccc(OCCOCCOCCOC)c(N(C)C)c2)c2cc(C)ccc2-c2ccc(C)cc21. The molecule has 1 aliphatic carbocycles. The summed E-state index contributed by atoms with van der Waals surface area (Å²) >= 11 is 0. The van der Waals surface area contributed by atoms with Gasteiger partial charge in [-0.15, -0.1) is 0 Å². The van der Waals surface area contributed by atoms with E-state index in [-0.39, 0.29) is 0 Å². The number of anilines is 1. The molecule has 0 unspecified atom stereocenters. The molecule has 4 rings (SSSR count). The maximum Gasteiger partial charge on any atom is 0.197 e. The molecule has 0 saturated heterocycles. The summed E-state index contributed by atoms with van der Waals surface area (Å²) in [5.41, 5.74) is 7.63. The van der Waals surface area contributed by atoms with Crippen molar-refractivity contribution in [3.63, 3.8) is 0 Å². The highest BCUT2D eigenvalue weighted by Crippen LogP contribution is 2.54. The third kappa shape index (κ3) is 5.51. The van der Waals surface area contributed by atoms with Crippen LogP contribution in [0.5, 0.6) is 5.75 Å². The van der Waals surface area contributed by atoms with E-state index in [4.69, 9.17) is 30.1 Å². The number of terminal acetylenes is 1. The number of benzene rings is 3. The molecule has 0 spiro atoms. The molecule has 0 aromatic heterocycles. The average molecular weight is 516 g/mol. The van der Waals surface area contributed by atoms with Crippen molar-refractivity contribution in [3.05, 3.63) is 82.4 Å². The molecule has 200 valence electrons. The number of rotatable bonds is 13. The van der Waals surface area contributed by atoms with Crippen LogP contribution >= 0.6 is 0 Å². The fourth-order valence-corrected chi connectivity index (χ4v) is 4.96. The number of aryl methyl sites for hydroxylation is 2. The number of hydrogen-bond acceptors (Lipinski definition) is 6. The quantitative estimate of drug-likeness (QED) is 0.227. The molecule has 0 N–H and O–H groups in total. The van der Waals surface area contributed by atoms with E-state index in [2.05, 4.69) is 62.4 Å². The lowest BCUT2D eigenvalue weighted by Crippen LogP contribution is -2.29. The van der Waals surface area contributed by atoms with Crippen LogP contribution in [-0.2, 0) is 24.5 Å². The highest BCUT2D eigenvalue weighted by molar-refractivity contribution is 5.83. The predicted molar refractivity (Wildman–Crippen MR) is 151 cm³/mol. The van der Waals surface area contributed by atoms with Gasteiger partial charge in [0, 0.05) is 37.9 Å². The van der Waals surface area contributed by atoms with Crippen LogP contribution in [0.4, 0.5) is 5.69 Å². The topological polar surface area (TPSA) is 49.4 Å². The van der Waals surface area contributed by atoms with Gasteiger partial charge < -0.3 is 28.6 Å². The largest absolute Gasteiger partial charge is 0.489 e. The van der Waals surface area contributed by atoms with Crippen molar-refractivity contribution in [2.75, 3.05) is 65.7 Å². The van der Waals surface area contributed by atoms with Gasteiger partial charge in [0.05, 0.1) is 38.7 Å². The summed E-state index contributed by atoms with van der Waals surface area (Å²) in [5.74, 6) is 0.765. The molecule has 0 atom stereocenters. The first-order chi connectivity index (χ1) is 18.4. The van der Waals surface area contributed by atoms with Gasteiger partial charge in [-0.25, -0.2) is 0 Å². The normalized spacial score (nSPS) is 12.9. The van der Waals surface area contributed by atoms with Crippen LogP contribution < -0.4 is 9.64 Å². The summed E-state index contributed by atoms with van der Waals surface area (Å²) in [6.45, 7) is 7.25. The average Bonchev–Trinajstić information content (AvgIpc) is 3.16. The van der Waals surface area contributed by atoms with Crippen molar-refractivity contribution in [3.8, 4) is 29.4 Å². The molecule has 0 aliphatic heterocycles. The molecule has 3 aromatic rings. The maximum absolute atomic E-state index is 6.30. The van der Waals surface area contributed by atoms with Gasteiger partial charge >= 0.3 is 0 Å². The smallest absolute Gasteiger partial charge is 0.197 e. The van der Waals surface area contributed by atoms with Crippen LogP contribution in [0.3, 0.4) is 0 Å². The minimum absolute atomic E-state index is 0.425. The summed E-state index contributed by atoms with van der Waals surface area (Å²) in [4.78, 5) is 2.04. The van der Waals surface area contributed by atoms with Crippen LogP contribution in [-0.4, -0.2) is 60.8 Å². The van der Waals surface area contributed by atoms with E-state index in [0.717, 1.165) is 50.4 Å². The first-order valence-corrected chi connectivity index (χ1v) is 12.9. The van der Waals surface area contributed by atoms with Gasteiger partial charge in [-0.1, -0.05) is 60.0 Å². The number of nitrogens with zero attached hydrogens (tertiary/aromatic N) is 1. The Bertz CT molecular complexity index is 1240. The maximum atomic E-state index is 6.30. The number of ether oxygens (including phenoxy) is 5. The Morgan fingerprint density at radius 3 is 1.89 bits per heavy atom. The minimum atomic E-state index is -0.924. The lowest BCUT2D eigenvalue weighted by Gasteiger charge is -2.32. The molecular weight excluding hydrogens is 478 g/mol. The second-order valence-electron chi connectivity index (χ2n) is 9.64. The van der Waals surface area contributed by atoms with Gasteiger partial charge in [-0.2, -0.15) is 0 Å². The zero-order valence-electron chi connectivity index (χ0n) is 23.0. The summed E-state index contributed by atoms with van der Waals surface area (Å²) in [7, 11) is 5.65. The second-order valence-corrected chi connectivity index (χ2v) is 9.64. The van der Waals surface area contributed by atoms with E-state index in [1.165, 1.54) is 0 Å². The Hall–Kier alpha value is -3.50. The highest BCUT2D eigenvalue weighted by atomic mass is 16.6. The van der Waals surface area contributed by atoms with Gasteiger partial charge in [-0.05, 0) is 37.1 Å². The van der Waals surface area contributed by atoms with Crippen molar-refractivity contribution in [1.29, 1.82) is 0 Å². The minimum Gasteiger partial charge on any atom is -0.489 e. The van der Waals surface area contributed by atoms with Crippen molar-refractivity contribution in [1.82, 2.24) is 0 Å². The standard InChI is InChI=1S/C32H37NO5/c1-7-38-32(28-20-23(2)8-11-26(28)27-12-9-24(3)21-29(27)32)25-10-13-31(30(22-25)33(4)5)37-19-18-36-17-16-35-15-14-34-6/h1,8-13,20-22H,14-19H2,2-6H3.